The lowest BCUT2D eigenvalue weighted by Crippen LogP contribution is -2.14. The van der Waals surface area contributed by atoms with Gasteiger partial charge in [0, 0.05) is 0 Å². The Labute approximate surface area is 113 Å². The van der Waals surface area contributed by atoms with Gasteiger partial charge in [-0.3, -0.25) is 0 Å². The molecular formula is C13H9F6P. The topological polar surface area (TPSA) is 0 Å². The molecule has 1 aromatic rings. The summed E-state index contributed by atoms with van der Waals surface area (Å²) >= 11 is 0. The fourth-order valence-electron chi connectivity index (χ4n) is 1.75. The van der Waals surface area contributed by atoms with E-state index in [1.54, 1.807) is 18.2 Å². The van der Waals surface area contributed by atoms with E-state index >= 15 is 0 Å². The first-order chi connectivity index (χ1) is 9.16. The Balaban J connectivity index is 2.40. The molecule has 108 valence electrons. The Bertz CT molecular complexity index is 533. The molecule has 0 spiro atoms. The van der Waals surface area contributed by atoms with Gasteiger partial charge in [-0.2, -0.15) is 26.3 Å². The molecule has 0 fully saturated rings. The molecule has 1 unspecified atom stereocenters. The van der Waals surface area contributed by atoms with Crippen LogP contribution < -0.4 is 5.30 Å². The van der Waals surface area contributed by atoms with Crippen LogP contribution in [0.4, 0.5) is 26.3 Å². The van der Waals surface area contributed by atoms with Crippen molar-refractivity contribution < 1.29 is 26.3 Å². The lowest BCUT2D eigenvalue weighted by atomic mass is 10.1. The van der Waals surface area contributed by atoms with Crippen molar-refractivity contribution >= 4 is 13.9 Å². The zero-order valence-corrected chi connectivity index (χ0v) is 10.9. The lowest BCUT2D eigenvalue weighted by Gasteiger charge is -2.14. The van der Waals surface area contributed by atoms with Crippen molar-refractivity contribution in [3.63, 3.8) is 0 Å². The smallest absolute Gasteiger partial charge is 0.166 e. The first-order valence-electron chi connectivity index (χ1n) is 5.58. The largest absolute Gasteiger partial charge is 0.416 e. The monoisotopic (exact) mass is 310 g/mol. The van der Waals surface area contributed by atoms with Crippen molar-refractivity contribution in [3.8, 4) is 0 Å². The second-order valence-corrected chi connectivity index (χ2v) is 5.71. The minimum atomic E-state index is -4.79. The predicted molar refractivity (Wildman–Crippen MR) is 66.2 cm³/mol. The summed E-state index contributed by atoms with van der Waals surface area (Å²) in [6, 6.07) is 1.72. The van der Waals surface area contributed by atoms with E-state index in [0.29, 0.717) is 6.42 Å². The number of hydrogen-bond donors (Lipinski definition) is 0. The average molecular weight is 310 g/mol. The van der Waals surface area contributed by atoms with Gasteiger partial charge in [0.25, 0.3) is 0 Å². The summed E-state index contributed by atoms with van der Waals surface area (Å²) < 4.78 is 76.0. The Morgan fingerprint density at radius 2 is 1.40 bits per heavy atom. The highest BCUT2D eigenvalue weighted by Crippen LogP contribution is 2.37. The number of hydrogen-bond acceptors (Lipinski definition) is 0. The Hall–Kier alpha value is -1.29. The number of rotatable bonds is 2. The molecule has 0 saturated heterocycles. The number of benzene rings is 1. The standard InChI is InChI=1S/C13H9F6P/c14-12(15,16)8-5-9(13(17,18)19)7-11(6-8)20-10-3-1-2-4-10/h1-3,5-7,20H,4H2. The van der Waals surface area contributed by atoms with E-state index in [2.05, 4.69) is 0 Å². The van der Waals surface area contributed by atoms with E-state index in [9.17, 15) is 26.3 Å². The van der Waals surface area contributed by atoms with Gasteiger partial charge in [-0.15, -0.1) is 0 Å². The van der Waals surface area contributed by atoms with Crippen molar-refractivity contribution in [2.45, 2.75) is 18.8 Å². The van der Waals surface area contributed by atoms with Crippen LogP contribution in [0, 0.1) is 0 Å². The summed E-state index contributed by atoms with van der Waals surface area (Å²) in [5.41, 5.74) is -2.53. The molecule has 0 radical (unpaired) electrons. The SMILES string of the molecule is FC(F)(F)c1cc(PC2=CC=CC2)cc(C(F)(F)F)c1. The maximum atomic E-state index is 12.7. The van der Waals surface area contributed by atoms with Gasteiger partial charge in [-0.1, -0.05) is 26.8 Å². The summed E-state index contributed by atoms with van der Waals surface area (Å²) in [7, 11) is -0.192. The molecule has 0 N–H and O–H groups in total. The molecule has 0 aromatic heterocycles. The minimum Gasteiger partial charge on any atom is -0.166 e. The Morgan fingerprint density at radius 3 is 1.80 bits per heavy atom. The van der Waals surface area contributed by atoms with Crippen LogP contribution in [-0.2, 0) is 12.4 Å². The third-order valence-corrected chi connectivity index (χ3v) is 3.93. The van der Waals surface area contributed by atoms with E-state index in [1.807, 2.05) is 0 Å². The van der Waals surface area contributed by atoms with E-state index in [0.717, 1.165) is 17.4 Å². The highest BCUT2D eigenvalue weighted by molar-refractivity contribution is 7.51. The van der Waals surface area contributed by atoms with Crippen LogP contribution in [0.2, 0.25) is 0 Å². The molecule has 7 heteroatoms. The predicted octanol–water partition coefficient (Wildman–Crippen LogP) is 4.87. The third-order valence-electron chi connectivity index (χ3n) is 2.66. The maximum absolute atomic E-state index is 12.7. The van der Waals surface area contributed by atoms with E-state index in [4.69, 9.17) is 0 Å². The zero-order valence-electron chi connectivity index (χ0n) is 9.94. The van der Waals surface area contributed by atoms with Gasteiger partial charge in [-0.05, 0) is 35.2 Å². The van der Waals surface area contributed by atoms with Crippen LogP contribution in [0.15, 0.2) is 41.7 Å². The van der Waals surface area contributed by atoms with E-state index in [1.165, 1.54) is 0 Å². The zero-order chi connectivity index (χ0) is 15.0. The molecule has 1 aliphatic carbocycles. The van der Waals surface area contributed by atoms with Gasteiger partial charge < -0.3 is 0 Å². The summed E-state index contributed by atoms with van der Waals surface area (Å²) in [6.45, 7) is 0. The third kappa shape index (κ3) is 3.63. The molecule has 0 bridgehead atoms. The van der Waals surface area contributed by atoms with Gasteiger partial charge in [0.1, 0.15) is 0 Å². The van der Waals surface area contributed by atoms with E-state index in [-0.39, 0.29) is 20.0 Å². The van der Waals surface area contributed by atoms with Crippen LogP contribution in [0.1, 0.15) is 17.5 Å². The molecule has 0 aliphatic heterocycles. The van der Waals surface area contributed by atoms with Crippen molar-refractivity contribution in [2.75, 3.05) is 0 Å². The van der Waals surface area contributed by atoms with Gasteiger partial charge in [0.15, 0.2) is 0 Å². The molecule has 20 heavy (non-hydrogen) atoms. The second-order valence-electron chi connectivity index (χ2n) is 4.24. The van der Waals surface area contributed by atoms with Gasteiger partial charge >= 0.3 is 12.4 Å². The van der Waals surface area contributed by atoms with Crippen LogP contribution in [0.3, 0.4) is 0 Å². The summed E-state index contributed by atoms with van der Waals surface area (Å²) in [5.74, 6) is 0. The van der Waals surface area contributed by atoms with Gasteiger partial charge in [0.2, 0.25) is 0 Å². The van der Waals surface area contributed by atoms with Crippen LogP contribution in [0.5, 0.6) is 0 Å². The fraction of sp³-hybridized carbons (Fsp3) is 0.231. The first-order valence-corrected chi connectivity index (χ1v) is 6.58. The Kier molecular flexibility index (Phi) is 3.96. The fourth-order valence-corrected chi connectivity index (χ4v) is 2.98. The maximum Gasteiger partial charge on any atom is 0.416 e. The summed E-state index contributed by atoms with van der Waals surface area (Å²) in [6.07, 6.45) is -3.76. The normalized spacial score (nSPS) is 16.2. The van der Waals surface area contributed by atoms with Crippen LogP contribution in [-0.4, -0.2) is 0 Å². The van der Waals surface area contributed by atoms with Crippen LogP contribution in [0.25, 0.3) is 0 Å². The van der Waals surface area contributed by atoms with E-state index < -0.39 is 23.5 Å². The van der Waals surface area contributed by atoms with Gasteiger partial charge in [-0.25, -0.2) is 0 Å². The first kappa shape index (κ1) is 15.1. The van der Waals surface area contributed by atoms with Crippen molar-refractivity contribution in [2.24, 2.45) is 0 Å². The Morgan fingerprint density at radius 1 is 0.850 bits per heavy atom. The molecule has 0 saturated carbocycles. The molecule has 1 aromatic carbocycles. The number of alkyl halides is 6. The highest BCUT2D eigenvalue weighted by atomic mass is 31.1. The number of halogens is 6. The van der Waals surface area contributed by atoms with Crippen molar-refractivity contribution in [1.82, 2.24) is 0 Å². The van der Waals surface area contributed by atoms with Crippen molar-refractivity contribution in [1.29, 1.82) is 0 Å². The molecule has 1 atom stereocenters. The molecule has 0 nitrogen and oxygen atoms in total. The number of allylic oxidation sites excluding steroid dienone is 4. The minimum absolute atomic E-state index is 0.0436. The molecule has 2 rings (SSSR count). The second kappa shape index (κ2) is 5.24. The summed E-state index contributed by atoms with van der Waals surface area (Å²) in [4.78, 5) is 0. The molecule has 0 heterocycles. The molecule has 1 aliphatic rings. The van der Waals surface area contributed by atoms with Crippen LogP contribution >= 0.6 is 8.58 Å². The highest BCUT2D eigenvalue weighted by Gasteiger charge is 2.36. The van der Waals surface area contributed by atoms with Gasteiger partial charge in [0.05, 0.1) is 11.1 Å². The average Bonchev–Trinajstić information content (AvgIpc) is 2.79. The summed E-state index contributed by atoms with van der Waals surface area (Å²) in [5, 5.41) is 0.861. The molecular weight excluding hydrogens is 301 g/mol. The quantitative estimate of drug-likeness (QED) is 0.540. The lowest BCUT2D eigenvalue weighted by molar-refractivity contribution is -0.142. The molecule has 0 amide bonds. The van der Waals surface area contributed by atoms with Crippen molar-refractivity contribution in [3.05, 3.63) is 52.9 Å².